The van der Waals surface area contributed by atoms with Crippen molar-refractivity contribution in [2.45, 2.75) is 13.3 Å². The second-order valence-electron chi connectivity index (χ2n) is 4.22. The third-order valence-electron chi connectivity index (χ3n) is 2.77. The fraction of sp³-hybridized carbons (Fsp3) is 0.250. The Hall–Kier alpha value is -1.95. The van der Waals surface area contributed by atoms with Crippen LogP contribution < -0.4 is 0 Å². The van der Waals surface area contributed by atoms with E-state index in [-0.39, 0.29) is 5.78 Å². The number of hydrogen-bond donors (Lipinski definition) is 0. The number of Topliss-reactive ketones (excluding diaryl/α,β-unsaturated/α-hetero) is 1. The van der Waals surface area contributed by atoms with Crippen LogP contribution in [0.3, 0.4) is 0 Å². The Morgan fingerprint density at radius 1 is 1.50 bits per heavy atom. The van der Waals surface area contributed by atoms with Crippen LogP contribution in [-0.4, -0.2) is 24.9 Å². The van der Waals surface area contributed by atoms with Crippen molar-refractivity contribution in [3.05, 3.63) is 40.9 Å². The number of aromatic nitrogens is 4. The molecule has 3 aromatic heterocycles. The molecule has 5 nitrogen and oxygen atoms in total. The van der Waals surface area contributed by atoms with Gasteiger partial charge in [-0.3, -0.25) is 13.9 Å². The molecule has 6 heteroatoms. The first-order chi connectivity index (χ1) is 8.63. The van der Waals surface area contributed by atoms with E-state index in [4.69, 9.17) is 0 Å². The summed E-state index contributed by atoms with van der Waals surface area (Å²) in [7, 11) is 1.78. The molecule has 0 aliphatic carbocycles. The third kappa shape index (κ3) is 1.84. The fourth-order valence-corrected chi connectivity index (χ4v) is 2.71. The van der Waals surface area contributed by atoms with Gasteiger partial charge in [0.05, 0.1) is 17.8 Å². The van der Waals surface area contributed by atoms with Crippen molar-refractivity contribution in [2.75, 3.05) is 0 Å². The highest BCUT2D eigenvalue weighted by atomic mass is 32.1. The van der Waals surface area contributed by atoms with Crippen molar-refractivity contribution in [1.29, 1.82) is 0 Å². The normalized spacial score (nSPS) is 11.2. The lowest BCUT2D eigenvalue weighted by Crippen LogP contribution is -2.09. The first-order valence-electron chi connectivity index (χ1n) is 5.58. The van der Waals surface area contributed by atoms with E-state index >= 15 is 0 Å². The molecule has 0 unspecified atom stereocenters. The van der Waals surface area contributed by atoms with Gasteiger partial charge in [0, 0.05) is 24.8 Å². The molecule has 0 saturated carbocycles. The minimum Gasteiger partial charge on any atom is -0.297 e. The van der Waals surface area contributed by atoms with E-state index in [1.807, 2.05) is 29.1 Å². The standard InChI is InChI=1S/C12H12N4OS/c1-8-5-10(15(2)14-8)11(17)6-9-7-16-3-4-18-12(16)13-9/h3-5,7H,6H2,1-2H3. The summed E-state index contributed by atoms with van der Waals surface area (Å²) in [6.07, 6.45) is 4.15. The molecule has 3 heterocycles. The Morgan fingerprint density at radius 3 is 3.00 bits per heavy atom. The lowest BCUT2D eigenvalue weighted by Gasteiger charge is -1.98. The zero-order valence-corrected chi connectivity index (χ0v) is 10.9. The maximum atomic E-state index is 12.1. The van der Waals surface area contributed by atoms with Crippen molar-refractivity contribution in [2.24, 2.45) is 7.05 Å². The summed E-state index contributed by atoms with van der Waals surface area (Å²) in [6, 6.07) is 1.81. The van der Waals surface area contributed by atoms with Gasteiger partial charge in [0.15, 0.2) is 10.7 Å². The molecule has 0 fully saturated rings. The number of thiazole rings is 1. The van der Waals surface area contributed by atoms with E-state index < -0.39 is 0 Å². The summed E-state index contributed by atoms with van der Waals surface area (Å²) in [5, 5.41) is 6.15. The van der Waals surface area contributed by atoms with Gasteiger partial charge in [-0.1, -0.05) is 0 Å². The van der Waals surface area contributed by atoms with E-state index in [0.717, 1.165) is 16.3 Å². The third-order valence-corrected chi connectivity index (χ3v) is 3.54. The second-order valence-corrected chi connectivity index (χ2v) is 5.09. The largest absolute Gasteiger partial charge is 0.297 e. The van der Waals surface area contributed by atoms with Gasteiger partial charge in [0.1, 0.15) is 5.69 Å². The molecule has 0 aliphatic heterocycles. The Morgan fingerprint density at radius 2 is 2.33 bits per heavy atom. The van der Waals surface area contributed by atoms with Gasteiger partial charge in [-0.15, -0.1) is 11.3 Å². The number of imidazole rings is 1. The number of carbonyl (C=O) groups is 1. The highest BCUT2D eigenvalue weighted by Crippen LogP contribution is 2.13. The van der Waals surface area contributed by atoms with Crippen LogP contribution in [0.5, 0.6) is 0 Å². The van der Waals surface area contributed by atoms with Crippen LogP contribution in [0.25, 0.3) is 4.96 Å². The number of fused-ring (bicyclic) bond motifs is 1. The molecule has 0 amide bonds. The van der Waals surface area contributed by atoms with Gasteiger partial charge in [-0.05, 0) is 13.0 Å². The van der Waals surface area contributed by atoms with Crippen LogP contribution in [0.15, 0.2) is 23.8 Å². The summed E-state index contributed by atoms with van der Waals surface area (Å²) >= 11 is 1.56. The number of rotatable bonds is 3. The molecule has 0 saturated heterocycles. The fourth-order valence-electron chi connectivity index (χ4n) is 1.99. The number of hydrogen-bond acceptors (Lipinski definition) is 4. The molecule has 3 rings (SSSR count). The molecule has 0 radical (unpaired) electrons. The van der Waals surface area contributed by atoms with Crippen LogP contribution in [0.2, 0.25) is 0 Å². The van der Waals surface area contributed by atoms with E-state index in [2.05, 4.69) is 10.1 Å². The zero-order chi connectivity index (χ0) is 12.7. The van der Waals surface area contributed by atoms with Crippen molar-refractivity contribution in [1.82, 2.24) is 19.2 Å². The Bertz CT molecular complexity index is 693. The Kier molecular flexibility index (Phi) is 2.52. The average molecular weight is 260 g/mol. The number of ketones is 1. The maximum Gasteiger partial charge on any atom is 0.193 e. The summed E-state index contributed by atoms with van der Waals surface area (Å²) in [5.74, 6) is 0.0452. The number of nitrogens with zero attached hydrogens (tertiary/aromatic N) is 4. The van der Waals surface area contributed by atoms with Gasteiger partial charge in [0.25, 0.3) is 0 Å². The number of carbonyl (C=O) groups excluding carboxylic acids is 1. The molecule has 18 heavy (non-hydrogen) atoms. The first kappa shape index (κ1) is 11.2. The van der Waals surface area contributed by atoms with Crippen LogP contribution in [0.4, 0.5) is 0 Å². The minimum atomic E-state index is 0.0452. The molecule has 0 N–H and O–H groups in total. The van der Waals surface area contributed by atoms with Crippen LogP contribution in [0.1, 0.15) is 21.9 Å². The maximum absolute atomic E-state index is 12.1. The van der Waals surface area contributed by atoms with Gasteiger partial charge >= 0.3 is 0 Å². The van der Waals surface area contributed by atoms with Gasteiger partial charge in [-0.2, -0.15) is 5.10 Å². The summed E-state index contributed by atoms with van der Waals surface area (Å²) in [5.41, 5.74) is 2.28. The predicted molar refractivity (Wildman–Crippen MR) is 69.0 cm³/mol. The molecule has 0 bridgehead atoms. The molecule has 92 valence electrons. The highest BCUT2D eigenvalue weighted by molar-refractivity contribution is 7.15. The lowest BCUT2D eigenvalue weighted by molar-refractivity contribution is 0.0983. The van der Waals surface area contributed by atoms with E-state index in [0.29, 0.717) is 12.1 Å². The lowest BCUT2D eigenvalue weighted by atomic mass is 10.1. The summed E-state index contributed by atoms with van der Waals surface area (Å²) in [6.45, 7) is 1.88. The highest BCUT2D eigenvalue weighted by Gasteiger charge is 2.14. The van der Waals surface area contributed by atoms with Crippen molar-refractivity contribution in [3.63, 3.8) is 0 Å². The van der Waals surface area contributed by atoms with Crippen molar-refractivity contribution < 1.29 is 4.79 Å². The quantitative estimate of drug-likeness (QED) is 0.675. The van der Waals surface area contributed by atoms with Gasteiger partial charge < -0.3 is 0 Å². The van der Waals surface area contributed by atoms with E-state index in [1.165, 1.54) is 0 Å². The van der Waals surface area contributed by atoms with Crippen LogP contribution >= 0.6 is 11.3 Å². The Labute approximate surface area is 108 Å². The van der Waals surface area contributed by atoms with Crippen LogP contribution in [-0.2, 0) is 13.5 Å². The van der Waals surface area contributed by atoms with E-state index in [9.17, 15) is 4.79 Å². The molecule has 0 atom stereocenters. The first-order valence-corrected chi connectivity index (χ1v) is 6.46. The summed E-state index contributed by atoms with van der Waals surface area (Å²) < 4.78 is 3.55. The molecule has 0 aliphatic rings. The minimum absolute atomic E-state index is 0.0452. The number of aryl methyl sites for hydroxylation is 2. The molecular formula is C12H12N4OS. The predicted octanol–water partition coefficient (Wildman–Crippen LogP) is 1.86. The average Bonchev–Trinajstić information content (AvgIpc) is 2.92. The summed E-state index contributed by atoms with van der Waals surface area (Å²) in [4.78, 5) is 17.5. The SMILES string of the molecule is Cc1cc(C(=O)Cc2cn3ccsc3n2)n(C)n1. The van der Waals surface area contributed by atoms with Crippen molar-refractivity contribution >= 4 is 22.1 Å². The zero-order valence-electron chi connectivity index (χ0n) is 10.1. The molecule has 0 spiro atoms. The second kappa shape index (κ2) is 4.06. The van der Waals surface area contributed by atoms with Gasteiger partial charge in [-0.25, -0.2) is 4.98 Å². The molecule has 3 aromatic rings. The van der Waals surface area contributed by atoms with Crippen LogP contribution in [0, 0.1) is 6.92 Å². The smallest absolute Gasteiger partial charge is 0.193 e. The monoisotopic (exact) mass is 260 g/mol. The van der Waals surface area contributed by atoms with Gasteiger partial charge in [0.2, 0.25) is 0 Å². The molecular weight excluding hydrogens is 248 g/mol. The van der Waals surface area contributed by atoms with E-state index in [1.54, 1.807) is 29.1 Å². The topological polar surface area (TPSA) is 52.2 Å². The molecule has 0 aromatic carbocycles. The Balaban J connectivity index is 1.86. The van der Waals surface area contributed by atoms with Crippen molar-refractivity contribution in [3.8, 4) is 0 Å².